The van der Waals surface area contributed by atoms with Gasteiger partial charge in [0.1, 0.15) is 11.5 Å². The first-order valence-corrected chi connectivity index (χ1v) is 6.86. The van der Waals surface area contributed by atoms with Crippen molar-refractivity contribution in [3.63, 3.8) is 0 Å². The lowest BCUT2D eigenvalue weighted by Gasteiger charge is -2.22. The first-order chi connectivity index (χ1) is 9.83. The van der Waals surface area contributed by atoms with E-state index in [9.17, 15) is 4.79 Å². The summed E-state index contributed by atoms with van der Waals surface area (Å²) >= 11 is 0. The van der Waals surface area contributed by atoms with Crippen LogP contribution in [0.5, 0.6) is 5.75 Å². The Labute approximate surface area is 117 Å². The minimum Gasteiger partial charge on any atom is -0.484 e. The van der Waals surface area contributed by atoms with Gasteiger partial charge in [0, 0.05) is 12.0 Å². The lowest BCUT2D eigenvalue weighted by atomic mass is 9.93. The summed E-state index contributed by atoms with van der Waals surface area (Å²) in [6, 6.07) is 11.3. The van der Waals surface area contributed by atoms with Crippen LogP contribution in [0.2, 0.25) is 0 Å². The standard InChI is InChI=1S/C16H17NO3/c18-16(11-20-12-5-2-1-3-6-12)17-14-7-4-8-15-13(14)9-10-19-15/h1-3,5-6,9-10,14H,4,7-8,11H2,(H,17,18)/t14-/m1/s1. The van der Waals surface area contributed by atoms with Crippen molar-refractivity contribution in [3.05, 3.63) is 54.0 Å². The summed E-state index contributed by atoms with van der Waals surface area (Å²) in [6.45, 7) is 0.0354. The predicted octanol–water partition coefficient (Wildman–Crippen LogP) is 2.85. The van der Waals surface area contributed by atoms with Gasteiger partial charge in [0.25, 0.3) is 5.91 Å². The van der Waals surface area contributed by atoms with Gasteiger partial charge in [0.05, 0.1) is 12.3 Å². The minimum atomic E-state index is -0.104. The molecule has 0 radical (unpaired) electrons. The molecule has 2 aromatic rings. The Bertz CT molecular complexity index is 576. The number of carbonyl (C=O) groups is 1. The molecule has 1 aromatic carbocycles. The molecule has 4 heteroatoms. The lowest BCUT2D eigenvalue weighted by molar-refractivity contribution is -0.124. The van der Waals surface area contributed by atoms with Gasteiger partial charge in [0.15, 0.2) is 6.61 Å². The zero-order valence-electron chi connectivity index (χ0n) is 11.2. The second-order valence-electron chi connectivity index (χ2n) is 4.91. The minimum absolute atomic E-state index is 0.0354. The number of nitrogens with one attached hydrogen (secondary N) is 1. The molecule has 0 saturated carbocycles. The zero-order chi connectivity index (χ0) is 13.8. The van der Waals surface area contributed by atoms with Crippen molar-refractivity contribution in [3.8, 4) is 5.75 Å². The van der Waals surface area contributed by atoms with E-state index in [1.54, 1.807) is 6.26 Å². The molecular formula is C16H17NO3. The van der Waals surface area contributed by atoms with E-state index in [-0.39, 0.29) is 18.6 Å². The maximum Gasteiger partial charge on any atom is 0.258 e. The highest BCUT2D eigenvalue weighted by Crippen LogP contribution is 2.30. The Hall–Kier alpha value is -2.23. The van der Waals surface area contributed by atoms with Gasteiger partial charge in [0.2, 0.25) is 0 Å². The number of benzene rings is 1. The van der Waals surface area contributed by atoms with Crippen LogP contribution in [0, 0.1) is 0 Å². The Balaban J connectivity index is 1.55. The second-order valence-corrected chi connectivity index (χ2v) is 4.91. The van der Waals surface area contributed by atoms with Gasteiger partial charge in [-0.15, -0.1) is 0 Å². The molecule has 0 unspecified atom stereocenters. The van der Waals surface area contributed by atoms with Crippen LogP contribution in [0.1, 0.15) is 30.2 Å². The normalized spacial score (nSPS) is 17.3. The Kier molecular flexibility index (Phi) is 3.72. The molecule has 0 spiro atoms. The van der Waals surface area contributed by atoms with Crippen molar-refractivity contribution in [1.82, 2.24) is 5.32 Å². The molecule has 0 aliphatic heterocycles. The van der Waals surface area contributed by atoms with Crippen LogP contribution in [-0.2, 0) is 11.2 Å². The molecule has 1 atom stereocenters. The van der Waals surface area contributed by atoms with Crippen molar-refractivity contribution >= 4 is 5.91 Å². The summed E-state index contributed by atoms with van der Waals surface area (Å²) in [7, 11) is 0. The summed E-state index contributed by atoms with van der Waals surface area (Å²) in [5.41, 5.74) is 1.10. The van der Waals surface area contributed by atoms with E-state index in [0.717, 1.165) is 30.6 Å². The first-order valence-electron chi connectivity index (χ1n) is 6.86. The van der Waals surface area contributed by atoms with Crippen LogP contribution in [0.15, 0.2) is 47.1 Å². The molecule has 20 heavy (non-hydrogen) atoms. The third-order valence-corrected chi connectivity index (χ3v) is 3.50. The van der Waals surface area contributed by atoms with E-state index in [0.29, 0.717) is 5.75 Å². The fourth-order valence-corrected chi connectivity index (χ4v) is 2.54. The van der Waals surface area contributed by atoms with Gasteiger partial charge in [-0.3, -0.25) is 4.79 Å². The molecule has 1 aliphatic rings. The smallest absolute Gasteiger partial charge is 0.258 e. The summed E-state index contributed by atoms with van der Waals surface area (Å²) < 4.78 is 10.9. The number of rotatable bonds is 4. The Morgan fingerprint density at radius 3 is 3.00 bits per heavy atom. The van der Waals surface area contributed by atoms with E-state index in [1.807, 2.05) is 36.4 Å². The molecule has 3 rings (SSSR count). The molecule has 0 bridgehead atoms. The number of hydrogen-bond acceptors (Lipinski definition) is 3. The Morgan fingerprint density at radius 1 is 1.30 bits per heavy atom. The maximum atomic E-state index is 11.9. The SMILES string of the molecule is O=C(COc1ccccc1)N[C@@H]1CCCc2occc21. The van der Waals surface area contributed by atoms with Gasteiger partial charge >= 0.3 is 0 Å². The van der Waals surface area contributed by atoms with E-state index in [4.69, 9.17) is 9.15 Å². The van der Waals surface area contributed by atoms with Gasteiger partial charge in [-0.25, -0.2) is 0 Å². The van der Waals surface area contributed by atoms with Crippen molar-refractivity contribution in [2.75, 3.05) is 6.61 Å². The summed E-state index contributed by atoms with van der Waals surface area (Å²) in [4.78, 5) is 11.9. The third kappa shape index (κ3) is 2.85. The number of ether oxygens (including phenoxy) is 1. The highest BCUT2D eigenvalue weighted by molar-refractivity contribution is 5.78. The first kappa shape index (κ1) is 12.8. The molecule has 0 saturated heterocycles. The molecule has 1 aromatic heterocycles. The summed E-state index contributed by atoms with van der Waals surface area (Å²) in [5.74, 6) is 1.59. The fraction of sp³-hybridized carbons (Fsp3) is 0.312. The van der Waals surface area contributed by atoms with Gasteiger partial charge in [-0.1, -0.05) is 18.2 Å². The van der Waals surface area contributed by atoms with Gasteiger partial charge in [-0.2, -0.15) is 0 Å². The van der Waals surface area contributed by atoms with Gasteiger partial charge < -0.3 is 14.5 Å². The number of aryl methyl sites for hydroxylation is 1. The molecule has 1 amide bonds. The zero-order valence-corrected chi connectivity index (χ0v) is 11.2. The summed E-state index contributed by atoms with van der Waals surface area (Å²) in [5, 5.41) is 3.01. The van der Waals surface area contributed by atoms with Crippen molar-refractivity contribution in [2.24, 2.45) is 0 Å². The topological polar surface area (TPSA) is 51.5 Å². The van der Waals surface area contributed by atoms with E-state index in [1.165, 1.54) is 0 Å². The van der Waals surface area contributed by atoms with Crippen LogP contribution < -0.4 is 10.1 Å². The number of fused-ring (bicyclic) bond motifs is 1. The quantitative estimate of drug-likeness (QED) is 0.930. The predicted molar refractivity (Wildman–Crippen MR) is 74.5 cm³/mol. The summed E-state index contributed by atoms with van der Waals surface area (Å²) in [6.07, 6.45) is 4.62. The highest BCUT2D eigenvalue weighted by atomic mass is 16.5. The Morgan fingerprint density at radius 2 is 2.15 bits per heavy atom. The van der Waals surface area contributed by atoms with Crippen molar-refractivity contribution in [2.45, 2.75) is 25.3 Å². The highest BCUT2D eigenvalue weighted by Gasteiger charge is 2.23. The van der Waals surface area contributed by atoms with Crippen LogP contribution in [0.4, 0.5) is 0 Å². The molecule has 1 N–H and O–H groups in total. The molecule has 4 nitrogen and oxygen atoms in total. The van der Waals surface area contributed by atoms with Crippen molar-refractivity contribution in [1.29, 1.82) is 0 Å². The second kappa shape index (κ2) is 5.82. The molecule has 104 valence electrons. The van der Waals surface area contributed by atoms with E-state index < -0.39 is 0 Å². The number of para-hydroxylation sites is 1. The van der Waals surface area contributed by atoms with E-state index in [2.05, 4.69) is 5.32 Å². The average Bonchev–Trinajstić information content (AvgIpc) is 2.96. The maximum absolute atomic E-state index is 11.9. The number of furan rings is 1. The fourth-order valence-electron chi connectivity index (χ4n) is 2.54. The molecular weight excluding hydrogens is 254 g/mol. The average molecular weight is 271 g/mol. The van der Waals surface area contributed by atoms with Gasteiger partial charge in [-0.05, 0) is 31.0 Å². The number of amides is 1. The van der Waals surface area contributed by atoms with Crippen molar-refractivity contribution < 1.29 is 13.9 Å². The van der Waals surface area contributed by atoms with E-state index >= 15 is 0 Å². The lowest BCUT2D eigenvalue weighted by Crippen LogP contribution is -2.34. The largest absolute Gasteiger partial charge is 0.484 e. The van der Waals surface area contributed by atoms with Crippen LogP contribution in [0.3, 0.4) is 0 Å². The van der Waals surface area contributed by atoms with Crippen LogP contribution in [-0.4, -0.2) is 12.5 Å². The number of hydrogen-bond donors (Lipinski definition) is 1. The third-order valence-electron chi connectivity index (χ3n) is 3.50. The molecule has 0 fully saturated rings. The molecule has 1 aliphatic carbocycles. The number of carbonyl (C=O) groups excluding carboxylic acids is 1. The van der Waals surface area contributed by atoms with Crippen LogP contribution in [0.25, 0.3) is 0 Å². The van der Waals surface area contributed by atoms with Crippen LogP contribution >= 0.6 is 0 Å². The molecule has 1 heterocycles. The monoisotopic (exact) mass is 271 g/mol.